The fourth-order valence-corrected chi connectivity index (χ4v) is 2.60. The van der Waals surface area contributed by atoms with E-state index in [0.717, 1.165) is 23.4 Å². The van der Waals surface area contributed by atoms with Gasteiger partial charge in [0, 0.05) is 5.41 Å². The third kappa shape index (κ3) is 5.34. The van der Waals surface area contributed by atoms with Gasteiger partial charge in [0.15, 0.2) is 0 Å². The highest BCUT2D eigenvalue weighted by atomic mass is 19.4. The van der Waals surface area contributed by atoms with Gasteiger partial charge < -0.3 is 14.6 Å². The van der Waals surface area contributed by atoms with E-state index < -0.39 is 23.3 Å². The lowest BCUT2D eigenvalue weighted by atomic mass is 9.81. The summed E-state index contributed by atoms with van der Waals surface area (Å²) in [5, 5.41) is 10.6. The minimum absolute atomic E-state index is 0.157. The summed E-state index contributed by atoms with van der Waals surface area (Å²) in [4.78, 5) is 0. The number of benzene rings is 2. The Balaban J connectivity index is 2.02. The highest BCUT2D eigenvalue weighted by Gasteiger charge is 2.33. The maximum absolute atomic E-state index is 12.7. The van der Waals surface area contributed by atoms with Crippen molar-refractivity contribution in [1.29, 1.82) is 0 Å². The second-order valence-corrected chi connectivity index (χ2v) is 6.57. The van der Waals surface area contributed by atoms with E-state index in [1.807, 2.05) is 24.3 Å². The van der Waals surface area contributed by atoms with Gasteiger partial charge in [0.25, 0.3) is 0 Å². The van der Waals surface area contributed by atoms with E-state index in [1.54, 1.807) is 20.1 Å². The molecule has 2 atom stereocenters. The van der Waals surface area contributed by atoms with Crippen molar-refractivity contribution in [2.75, 3.05) is 13.7 Å². The van der Waals surface area contributed by atoms with Gasteiger partial charge in [0.2, 0.25) is 0 Å². The number of ether oxygens (including phenoxy) is 2. The molecule has 0 heterocycles. The fraction of sp³-hybridized carbons (Fsp3) is 0.333. The molecular formula is C21H23F3O3. The van der Waals surface area contributed by atoms with Gasteiger partial charge >= 0.3 is 6.18 Å². The molecule has 0 saturated heterocycles. The summed E-state index contributed by atoms with van der Waals surface area (Å²) >= 11 is 0. The molecule has 2 aromatic carbocycles. The summed E-state index contributed by atoms with van der Waals surface area (Å²) in [6.07, 6.45) is -3.90. The minimum Gasteiger partial charge on any atom is -0.497 e. The number of methoxy groups -OCH3 is 1. The number of aliphatic hydroxyl groups excluding tert-OH is 1. The normalized spacial score (nSPS) is 15.0. The molecule has 0 spiro atoms. The van der Waals surface area contributed by atoms with Crippen LogP contribution in [0, 0.1) is 5.41 Å². The summed E-state index contributed by atoms with van der Waals surface area (Å²) in [5.41, 5.74) is -0.300. The van der Waals surface area contributed by atoms with E-state index in [2.05, 4.69) is 6.58 Å². The number of alkyl halides is 3. The van der Waals surface area contributed by atoms with Crippen LogP contribution in [0.3, 0.4) is 0 Å². The Morgan fingerprint density at radius 2 is 1.67 bits per heavy atom. The molecule has 0 fully saturated rings. The predicted octanol–water partition coefficient (Wildman–Crippen LogP) is 5.16. The van der Waals surface area contributed by atoms with Crippen LogP contribution < -0.4 is 4.74 Å². The zero-order valence-corrected chi connectivity index (χ0v) is 15.3. The van der Waals surface area contributed by atoms with Crippen LogP contribution in [0.25, 0.3) is 0 Å². The van der Waals surface area contributed by atoms with Crippen LogP contribution in [0.4, 0.5) is 13.2 Å². The van der Waals surface area contributed by atoms with Crippen LogP contribution in [-0.2, 0) is 17.5 Å². The van der Waals surface area contributed by atoms with Crippen molar-refractivity contribution < 1.29 is 27.8 Å². The first-order valence-electron chi connectivity index (χ1n) is 8.39. The topological polar surface area (TPSA) is 38.7 Å². The van der Waals surface area contributed by atoms with Crippen LogP contribution in [0.15, 0.2) is 61.2 Å². The van der Waals surface area contributed by atoms with Crippen molar-refractivity contribution in [1.82, 2.24) is 0 Å². The van der Waals surface area contributed by atoms with Gasteiger partial charge in [-0.2, -0.15) is 13.2 Å². The molecule has 2 rings (SSSR count). The van der Waals surface area contributed by atoms with E-state index in [9.17, 15) is 18.3 Å². The minimum atomic E-state index is -4.41. The van der Waals surface area contributed by atoms with Crippen LogP contribution in [0.1, 0.15) is 29.7 Å². The second kappa shape index (κ2) is 8.59. The van der Waals surface area contributed by atoms with Crippen molar-refractivity contribution in [3.05, 3.63) is 77.9 Å². The molecule has 3 nitrogen and oxygen atoms in total. The first kappa shape index (κ1) is 21.0. The molecule has 0 aromatic heterocycles. The standard InChI is InChI=1S/C21H23F3O3/c1-4-20(2,14-27-13-15-5-11-18(26-3)12-6-15)19(25)16-7-9-17(10-8-16)21(22,23)24/h4-12,19,25H,1,13-14H2,2-3H3/t19-,20-/m0/s1. The molecule has 0 aliphatic heterocycles. The van der Waals surface area contributed by atoms with E-state index in [0.29, 0.717) is 12.2 Å². The summed E-state index contributed by atoms with van der Waals surface area (Å²) in [6.45, 7) is 5.98. The molecule has 2 aromatic rings. The molecule has 0 aliphatic carbocycles. The molecule has 0 saturated carbocycles. The Kier molecular flexibility index (Phi) is 6.68. The average Bonchev–Trinajstić information content (AvgIpc) is 2.67. The largest absolute Gasteiger partial charge is 0.497 e. The van der Waals surface area contributed by atoms with E-state index in [1.165, 1.54) is 12.1 Å². The SMILES string of the molecule is C=C[C@@](C)(COCc1ccc(OC)cc1)[C@@H](O)c1ccc(C(F)(F)F)cc1. The molecule has 27 heavy (non-hydrogen) atoms. The summed E-state index contributed by atoms with van der Waals surface area (Å²) in [6, 6.07) is 11.9. The highest BCUT2D eigenvalue weighted by molar-refractivity contribution is 5.28. The smallest absolute Gasteiger partial charge is 0.416 e. The van der Waals surface area contributed by atoms with E-state index in [4.69, 9.17) is 9.47 Å². The zero-order valence-electron chi connectivity index (χ0n) is 15.3. The van der Waals surface area contributed by atoms with Crippen molar-refractivity contribution in [3.63, 3.8) is 0 Å². The lowest BCUT2D eigenvalue weighted by Gasteiger charge is -2.31. The Morgan fingerprint density at radius 1 is 1.07 bits per heavy atom. The highest BCUT2D eigenvalue weighted by Crippen LogP contribution is 2.37. The molecule has 0 aliphatic rings. The van der Waals surface area contributed by atoms with Gasteiger partial charge in [-0.1, -0.05) is 37.3 Å². The van der Waals surface area contributed by atoms with Gasteiger partial charge in [-0.3, -0.25) is 0 Å². The van der Waals surface area contributed by atoms with Crippen molar-refractivity contribution in [2.45, 2.75) is 25.8 Å². The zero-order chi connectivity index (χ0) is 20.1. The third-order valence-corrected chi connectivity index (χ3v) is 4.49. The maximum Gasteiger partial charge on any atom is 0.416 e. The Morgan fingerprint density at radius 3 is 2.15 bits per heavy atom. The fourth-order valence-electron chi connectivity index (χ4n) is 2.60. The van der Waals surface area contributed by atoms with Crippen molar-refractivity contribution in [3.8, 4) is 5.75 Å². The molecule has 146 valence electrons. The summed E-state index contributed by atoms with van der Waals surface area (Å²) < 4.78 is 48.9. The van der Waals surface area contributed by atoms with Crippen LogP contribution >= 0.6 is 0 Å². The molecule has 0 radical (unpaired) electrons. The Bertz CT molecular complexity index is 739. The number of rotatable bonds is 8. The van der Waals surface area contributed by atoms with Crippen LogP contribution in [0.5, 0.6) is 5.75 Å². The first-order valence-corrected chi connectivity index (χ1v) is 8.39. The Hall–Kier alpha value is -2.31. The number of halogens is 3. The van der Waals surface area contributed by atoms with Gasteiger partial charge in [-0.15, -0.1) is 6.58 Å². The van der Waals surface area contributed by atoms with Crippen LogP contribution in [0.2, 0.25) is 0 Å². The molecule has 6 heteroatoms. The third-order valence-electron chi connectivity index (χ3n) is 4.49. The van der Waals surface area contributed by atoms with E-state index in [-0.39, 0.29) is 6.61 Å². The summed E-state index contributed by atoms with van der Waals surface area (Å²) in [7, 11) is 1.59. The Labute approximate surface area is 157 Å². The predicted molar refractivity (Wildman–Crippen MR) is 97.4 cm³/mol. The van der Waals surface area contributed by atoms with Gasteiger partial charge in [-0.05, 0) is 35.4 Å². The quantitative estimate of drug-likeness (QED) is 0.643. The number of hydrogen-bond acceptors (Lipinski definition) is 3. The first-order chi connectivity index (χ1) is 12.7. The summed E-state index contributed by atoms with van der Waals surface area (Å²) in [5.74, 6) is 0.743. The lowest BCUT2D eigenvalue weighted by molar-refractivity contribution is -0.137. The molecule has 1 N–H and O–H groups in total. The molecule has 0 bridgehead atoms. The monoisotopic (exact) mass is 380 g/mol. The lowest BCUT2D eigenvalue weighted by Crippen LogP contribution is -2.29. The van der Waals surface area contributed by atoms with Crippen molar-refractivity contribution >= 4 is 0 Å². The van der Waals surface area contributed by atoms with Gasteiger partial charge in [-0.25, -0.2) is 0 Å². The second-order valence-electron chi connectivity index (χ2n) is 6.57. The molecule has 0 unspecified atom stereocenters. The van der Waals surface area contributed by atoms with Gasteiger partial charge in [0.1, 0.15) is 5.75 Å². The van der Waals surface area contributed by atoms with E-state index >= 15 is 0 Å². The molecular weight excluding hydrogens is 357 g/mol. The van der Waals surface area contributed by atoms with Crippen LogP contribution in [-0.4, -0.2) is 18.8 Å². The number of aliphatic hydroxyl groups is 1. The van der Waals surface area contributed by atoms with Crippen molar-refractivity contribution in [2.24, 2.45) is 5.41 Å². The maximum atomic E-state index is 12.7. The van der Waals surface area contributed by atoms with Gasteiger partial charge in [0.05, 0.1) is 32.0 Å². The average molecular weight is 380 g/mol. The molecule has 0 amide bonds. The number of hydrogen-bond donors (Lipinski definition) is 1.